The van der Waals surface area contributed by atoms with Crippen LogP contribution < -0.4 is 0 Å². The van der Waals surface area contributed by atoms with Gasteiger partial charge in [0.15, 0.2) is 0 Å². The van der Waals surface area contributed by atoms with E-state index in [2.05, 4.69) is 50.7 Å². The Kier molecular flexibility index (Phi) is 6.56. The van der Waals surface area contributed by atoms with Gasteiger partial charge in [0.2, 0.25) is 0 Å². The summed E-state index contributed by atoms with van der Waals surface area (Å²) in [5.41, 5.74) is 6.32. The van der Waals surface area contributed by atoms with Crippen LogP contribution in [0.15, 0.2) is 55.0 Å². The minimum absolute atomic E-state index is 0.276. The Morgan fingerprint density at radius 2 is 1.75 bits per heavy atom. The summed E-state index contributed by atoms with van der Waals surface area (Å²) in [6, 6.07) is 13.2. The van der Waals surface area contributed by atoms with Crippen LogP contribution in [0.4, 0.5) is 0 Å². The van der Waals surface area contributed by atoms with Gasteiger partial charge in [-0.05, 0) is 36.2 Å². The second-order valence-electron chi connectivity index (χ2n) is 9.73. The molecule has 0 bridgehead atoms. The van der Waals surface area contributed by atoms with E-state index in [9.17, 15) is 0 Å². The molecule has 0 fully saturated rings. The second-order valence-corrected chi connectivity index (χ2v) is 15.8. The third kappa shape index (κ3) is 4.98. The summed E-state index contributed by atoms with van der Waals surface area (Å²) in [4.78, 5) is 4.39. The summed E-state index contributed by atoms with van der Waals surface area (Å²) >= 11 is 6.16. The van der Waals surface area contributed by atoms with Crippen LogP contribution in [-0.2, 0) is 11.5 Å². The number of hydrogen-bond donors (Lipinski definition) is 0. The van der Waals surface area contributed by atoms with E-state index in [0.717, 1.165) is 40.7 Å². The van der Waals surface area contributed by atoms with Crippen LogP contribution in [0.1, 0.15) is 25.5 Å². The molecule has 32 heavy (non-hydrogen) atoms. The highest BCUT2D eigenvalue weighted by Gasteiger charge is 2.23. The number of halogens is 1. The van der Waals surface area contributed by atoms with Gasteiger partial charge < -0.3 is 9.14 Å². The highest BCUT2D eigenvalue weighted by Crippen LogP contribution is 2.38. The van der Waals surface area contributed by atoms with E-state index in [1.165, 1.54) is 5.69 Å². The first-order valence-corrected chi connectivity index (χ1v) is 15.2. The van der Waals surface area contributed by atoms with Crippen molar-refractivity contribution in [3.8, 4) is 22.4 Å². The van der Waals surface area contributed by atoms with E-state index in [4.69, 9.17) is 21.4 Å². The summed E-state index contributed by atoms with van der Waals surface area (Å²) in [6.45, 7) is 12.7. The molecule has 0 saturated heterocycles. The molecule has 4 rings (SSSR count). The number of hydrogen-bond acceptors (Lipinski definition) is 3. The van der Waals surface area contributed by atoms with E-state index in [1.54, 1.807) is 0 Å². The zero-order valence-electron chi connectivity index (χ0n) is 19.5. The van der Waals surface area contributed by atoms with Gasteiger partial charge in [-0.1, -0.05) is 57.2 Å². The van der Waals surface area contributed by atoms with Crippen LogP contribution >= 0.6 is 11.6 Å². The molecule has 3 aromatic heterocycles. The van der Waals surface area contributed by atoms with Crippen molar-refractivity contribution in [1.82, 2.24) is 19.2 Å². The Morgan fingerprint density at radius 1 is 1.03 bits per heavy atom. The van der Waals surface area contributed by atoms with Crippen molar-refractivity contribution < 1.29 is 4.74 Å². The van der Waals surface area contributed by atoms with Gasteiger partial charge in [-0.2, -0.15) is 5.10 Å². The number of imidazole rings is 1. The molecule has 168 valence electrons. The normalized spacial score (nSPS) is 12.2. The number of fused-ring (bicyclic) bond motifs is 1. The summed E-state index contributed by atoms with van der Waals surface area (Å²) < 4.78 is 10.2. The minimum Gasteiger partial charge on any atom is -0.360 e. The lowest BCUT2D eigenvalue weighted by Crippen LogP contribution is -2.22. The standard InChI is InChI=1S/C25H31ClN4OSi/c1-18(2)25-23(20-8-11-22-27-12-13-29(22)16-20)24(19-6-9-21(26)10-7-19)28-30(25)17-31-14-15-32(3,4)5/h6-13,16,18H,14-15,17H2,1-5H3. The first kappa shape index (κ1) is 22.8. The average molecular weight is 467 g/mol. The Labute approximate surface area is 196 Å². The van der Waals surface area contributed by atoms with Gasteiger partial charge in [0.1, 0.15) is 18.1 Å². The lowest BCUT2D eigenvalue weighted by Gasteiger charge is -2.17. The van der Waals surface area contributed by atoms with E-state index >= 15 is 0 Å². The number of rotatable bonds is 8. The summed E-state index contributed by atoms with van der Waals surface area (Å²) in [5, 5.41) is 5.76. The Morgan fingerprint density at radius 3 is 2.44 bits per heavy atom. The maximum absolute atomic E-state index is 6.16. The fourth-order valence-corrected chi connectivity index (χ4v) is 4.73. The minimum atomic E-state index is -1.14. The third-order valence-electron chi connectivity index (χ3n) is 5.54. The molecule has 0 radical (unpaired) electrons. The maximum Gasteiger partial charge on any atom is 0.139 e. The molecule has 4 aromatic rings. The number of nitrogens with zero attached hydrogens (tertiary/aromatic N) is 4. The number of aromatic nitrogens is 4. The van der Waals surface area contributed by atoms with Gasteiger partial charge in [-0.3, -0.25) is 0 Å². The van der Waals surface area contributed by atoms with E-state index in [1.807, 2.05) is 51.8 Å². The maximum atomic E-state index is 6.16. The summed E-state index contributed by atoms with van der Waals surface area (Å²) in [7, 11) is -1.14. The van der Waals surface area contributed by atoms with Gasteiger partial charge in [0, 0.05) is 55.0 Å². The van der Waals surface area contributed by atoms with Crippen molar-refractivity contribution >= 4 is 25.3 Å². The second kappa shape index (κ2) is 9.22. The van der Waals surface area contributed by atoms with Crippen LogP contribution in [0.3, 0.4) is 0 Å². The van der Waals surface area contributed by atoms with E-state index in [0.29, 0.717) is 11.8 Å². The molecule has 7 heteroatoms. The molecule has 1 aromatic carbocycles. The van der Waals surface area contributed by atoms with Crippen LogP contribution in [0.2, 0.25) is 30.7 Å². The van der Waals surface area contributed by atoms with E-state index < -0.39 is 8.07 Å². The first-order chi connectivity index (χ1) is 15.2. The molecule has 0 spiro atoms. The SMILES string of the molecule is CC(C)c1c(-c2ccc3nccn3c2)c(-c2ccc(Cl)cc2)nn1COCC[Si](C)(C)C. The lowest BCUT2D eigenvalue weighted by molar-refractivity contribution is 0.0761. The van der Waals surface area contributed by atoms with E-state index in [-0.39, 0.29) is 5.92 Å². The molecule has 5 nitrogen and oxygen atoms in total. The smallest absolute Gasteiger partial charge is 0.139 e. The topological polar surface area (TPSA) is 44.4 Å². The number of ether oxygens (including phenoxy) is 1. The largest absolute Gasteiger partial charge is 0.360 e. The molecule has 0 amide bonds. The molecule has 0 saturated carbocycles. The summed E-state index contributed by atoms with van der Waals surface area (Å²) in [6.07, 6.45) is 5.92. The van der Waals surface area contributed by atoms with Gasteiger partial charge >= 0.3 is 0 Å². The first-order valence-electron chi connectivity index (χ1n) is 11.1. The Balaban J connectivity index is 1.80. The van der Waals surface area contributed by atoms with Crippen molar-refractivity contribution in [2.45, 2.75) is 52.2 Å². The lowest BCUT2D eigenvalue weighted by atomic mass is 9.95. The number of pyridine rings is 1. The van der Waals surface area contributed by atoms with Crippen molar-refractivity contribution in [3.05, 3.63) is 65.7 Å². The molecule has 0 N–H and O–H groups in total. The van der Waals surface area contributed by atoms with Crippen molar-refractivity contribution in [3.63, 3.8) is 0 Å². The quantitative estimate of drug-likeness (QED) is 0.208. The van der Waals surface area contributed by atoms with Gasteiger partial charge in [-0.25, -0.2) is 9.67 Å². The van der Waals surface area contributed by atoms with Gasteiger partial charge in [0.25, 0.3) is 0 Å². The predicted octanol–water partition coefficient (Wildman–Crippen LogP) is 6.95. The molecular formula is C25H31ClN4OSi. The van der Waals surface area contributed by atoms with Crippen LogP contribution in [0.25, 0.3) is 28.0 Å². The van der Waals surface area contributed by atoms with Crippen molar-refractivity contribution in [1.29, 1.82) is 0 Å². The molecular weight excluding hydrogens is 436 g/mol. The van der Waals surface area contributed by atoms with Crippen molar-refractivity contribution in [2.24, 2.45) is 0 Å². The zero-order valence-corrected chi connectivity index (χ0v) is 21.2. The summed E-state index contributed by atoms with van der Waals surface area (Å²) in [5.74, 6) is 0.276. The number of benzene rings is 1. The van der Waals surface area contributed by atoms with Gasteiger partial charge in [0.05, 0.1) is 5.69 Å². The van der Waals surface area contributed by atoms with Crippen LogP contribution in [0.5, 0.6) is 0 Å². The molecule has 0 aliphatic carbocycles. The zero-order chi connectivity index (χ0) is 22.9. The fraction of sp³-hybridized carbons (Fsp3) is 0.360. The Bertz CT molecular complexity index is 1210. The molecule has 0 unspecified atom stereocenters. The highest BCUT2D eigenvalue weighted by molar-refractivity contribution is 6.76. The molecule has 3 heterocycles. The molecule has 0 aliphatic rings. The third-order valence-corrected chi connectivity index (χ3v) is 7.50. The highest BCUT2D eigenvalue weighted by atomic mass is 35.5. The molecule has 0 atom stereocenters. The van der Waals surface area contributed by atoms with Crippen LogP contribution in [0, 0.1) is 0 Å². The van der Waals surface area contributed by atoms with Crippen molar-refractivity contribution in [2.75, 3.05) is 6.61 Å². The van der Waals surface area contributed by atoms with Crippen LogP contribution in [-0.4, -0.2) is 33.8 Å². The molecule has 0 aliphatic heterocycles. The average Bonchev–Trinajstić information content (AvgIpc) is 3.35. The monoisotopic (exact) mass is 466 g/mol. The Hall–Kier alpha value is -2.41. The van der Waals surface area contributed by atoms with Gasteiger partial charge in [-0.15, -0.1) is 0 Å². The predicted molar refractivity (Wildman–Crippen MR) is 135 cm³/mol. The fourth-order valence-electron chi connectivity index (χ4n) is 3.85.